The van der Waals surface area contributed by atoms with Crippen molar-refractivity contribution in [2.45, 2.75) is 13.3 Å². The molecule has 0 saturated heterocycles. The first kappa shape index (κ1) is 10.4. The Bertz CT molecular complexity index is 246. The first-order chi connectivity index (χ1) is 6.33. The van der Waals surface area contributed by atoms with E-state index in [4.69, 9.17) is 12.2 Å². The molecule has 0 aliphatic rings. The van der Waals surface area contributed by atoms with Crippen molar-refractivity contribution in [3.05, 3.63) is 16.6 Å². The molecule has 13 heavy (non-hydrogen) atoms. The maximum Gasteiger partial charge on any atom is 0.166 e. The lowest BCUT2D eigenvalue weighted by Gasteiger charge is -2.06. The number of nitrogens with zero attached hydrogens (tertiary/aromatic N) is 1. The molecule has 0 bridgehead atoms. The van der Waals surface area contributed by atoms with Gasteiger partial charge in [0.25, 0.3) is 0 Å². The van der Waals surface area contributed by atoms with E-state index in [1.807, 2.05) is 18.5 Å². The standard InChI is InChI=1S/C8H13N3S2/c1-2-9-8(12)11-4-3-7-10-5-6-13-7/h5-6H,2-4H2,1H3,(H2,9,11,12). The zero-order chi connectivity index (χ0) is 9.52. The van der Waals surface area contributed by atoms with E-state index < -0.39 is 0 Å². The number of thiazole rings is 1. The molecule has 0 radical (unpaired) electrons. The maximum atomic E-state index is 5.01. The molecule has 0 aliphatic carbocycles. The number of thiocarbonyl (C=S) groups is 1. The van der Waals surface area contributed by atoms with Crippen LogP contribution in [0.1, 0.15) is 11.9 Å². The summed E-state index contributed by atoms with van der Waals surface area (Å²) in [4.78, 5) is 4.17. The van der Waals surface area contributed by atoms with Crippen LogP contribution in [0.3, 0.4) is 0 Å². The van der Waals surface area contributed by atoms with Gasteiger partial charge in [-0.1, -0.05) is 0 Å². The first-order valence-corrected chi connectivity index (χ1v) is 5.51. The third-order valence-corrected chi connectivity index (χ3v) is 2.57. The quantitative estimate of drug-likeness (QED) is 0.739. The zero-order valence-corrected chi connectivity index (χ0v) is 9.17. The van der Waals surface area contributed by atoms with Crippen molar-refractivity contribution in [3.8, 4) is 0 Å². The Morgan fingerprint density at radius 2 is 2.46 bits per heavy atom. The van der Waals surface area contributed by atoms with Gasteiger partial charge in [0.15, 0.2) is 5.11 Å². The molecule has 0 spiro atoms. The molecule has 1 aromatic rings. The Labute approximate surface area is 87.6 Å². The topological polar surface area (TPSA) is 37.0 Å². The summed E-state index contributed by atoms with van der Waals surface area (Å²) in [6.07, 6.45) is 2.76. The van der Waals surface area contributed by atoms with Crippen molar-refractivity contribution in [3.63, 3.8) is 0 Å². The van der Waals surface area contributed by atoms with Crippen LogP contribution in [0.4, 0.5) is 0 Å². The van der Waals surface area contributed by atoms with Crippen molar-refractivity contribution in [1.29, 1.82) is 0 Å². The lowest BCUT2D eigenvalue weighted by molar-refractivity contribution is 0.825. The molecule has 0 atom stereocenters. The summed E-state index contributed by atoms with van der Waals surface area (Å²) < 4.78 is 0. The minimum absolute atomic E-state index is 0.721. The fourth-order valence-electron chi connectivity index (χ4n) is 0.882. The molecule has 0 amide bonds. The van der Waals surface area contributed by atoms with Crippen LogP contribution < -0.4 is 10.6 Å². The van der Waals surface area contributed by atoms with Gasteiger partial charge in [0.05, 0.1) is 5.01 Å². The van der Waals surface area contributed by atoms with Gasteiger partial charge in [-0.15, -0.1) is 11.3 Å². The number of hydrogen-bond acceptors (Lipinski definition) is 3. The van der Waals surface area contributed by atoms with Crippen LogP contribution in [-0.2, 0) is 6.42 Å². The van der Waals surface area contributed by atoms with E-state index >= 15 is 0 Å². The summed E-state index contributed by atoms with van der Waals surface area (Å²) in [5.41, 5.74) is 0. The second-order valence-electron chi connectivity index (χ2n) is 2.46. The predicted molar refractivity (Wildman–Crippen MR) is 60.1 cm³/mol. The smallest absolute Gasteiger partial charge is 0.166 e. The van der Waals surface area contributed by atoms with Crippen LogP contribution in [-0.4, -0.2) is 23.2 Å². The van der Waals surface area contributed by atoms with Gasteiger partial charge >= 0.3 is 0 Å². The molecule has 1 aromatic heterocycles. The summed E-state index contributed by atoms with van der Waals surface area (Å²) in [7, 11) is 0. The SMILES string of the molecule is CCNC(=S)NCCc1nccs1. The number of aromatic nitrogens is 1. The molecule has 0 aromatic carbocycles. The molecular formula is C8H13N3S2. The second-order valence-corrected chi connectivity index (χ2v) is 3.85. The molecule has 5 heteroatoms. The van der Waals surface area contributed by atoms with Gasteiger partial charge in [0.2, 0.25) is 0 Å². The van der Waals surface area contributed by atoms with Crippen LogP contribution in [0.2, 0.25) is 0 Å². The fourth-order valence-corrected chi connectivity index (χ4v) is 1.75. The monoisotopic (exact) mass is 215 g/mol. The minimum atomic E-state index is 0.721. The van der Waals surface area contributed by atoms with Crippen molar-refractivity contribution < 1.29 is 0 Å². The largest absolute Gasteiger partial charge is 0.363 e. The van der Waals surface area contributed by atoms with Crippen molar-refractivity contribution >= 4 is 28.7 Å². The summed E-state index contributed by atoms with van der Waals surface area (Å²) >= 11 is 6.68. The normalized spacial score (nSPS) is 9.62. The molecular weight excluding hydrogens is 202 g/mol. The highest BCUT2D eigenvalue weighted by Crippen LogP contribution is 2.03. The summed E-state index contributed by atoms with van der Waals surface area (Å²) in [5, 5.41) is 9.99. The number of rotatable bonds is 4. The Morgan fingerprint density at radius 3 is 3.08 bits per heavy atom. The molecule has 72 valence electrons. The second kappa shape index (κ2) is 5.88. The van der Waals surface area contributed by atoms with Gasteiger partial charge in [-0.25, -0.2) is 4.98 Å². The summed E-state index contributed by atoms with van der Waals surface area (Å²) in [6.45, 7) is 3.73. The van der Waals surface area contributed by atoms with Gasteiger partial charge in [0.1, 0.15) is 0 Å². The van der Waals surface area contributed by atoms with Crippen LogP contribution in [0.15, 0.2) is 11.6 Å². The average molecular weight is 215 g/mol. The van der Waals surface area contributed by atoms with Crippen LogP contribution in [0.5, 0.6) is 0 Å². The van der Waals surface area contributed by atoms with Crippen molar-refractivity contribution in [2.24, 2.45) is 0 Å². The van der Waals surface area contributed by atoms with E-state index in [0.29, 0.717) is 0 Å². The van der Waals surface area contributed by atoms with Gasteiger partial charge < -0.3 is 10.6 Å². The first-order valence-electron chi connectivity index (χ1n) is 4.23. The van der Waals surface area contributed by atoms with Gasteiger partial charge in [-0.3, -0.25) is 0 Å². The van der Waals surface area contributed by atoms with Crippen LogP contribution in [0.25, 0.3) is 0 Å². The Balaban J connectivity index is 2.11. The van der Waals surface area contributed by atoms with Crippen LogP contribution in [0, 0.1) is 0 Å². The van der Waals surface area contributed by atoms with Gasteiger partial charge in [-0.05, 0) is 19.1 Å². The zero-order valence-electron chi connectivity index (χ0n) is 7.54. The van der Waals surface area contributed by atoms with Crippen molar-refractivity contribution in [2.75, 3.05) is 13.1 Å². The number of hydrogen-bond donors (Lipinski definition) is 2. The molecule has 1 heterocycles. The molecule has 0 saturated carbocycles. The number of nitrogens with one attached hydrogen (secondary N) is 2. The summed E-state index contributed by atoms with van der Waals surface area (Å²) in [6, 6.07) is 0. The third kappa shape index (κ3) is 4.19. The predicted octanol–water partition coefficient (Wildman–Crippen LogP) is 1.17. The van der Waals surface area contributed by atoms with E-state index in [0.717, 1.165) is 29.6 Å². The van der Waals surface area contributed by atoms with E-state index in [9.17, 15) is 0 Å². The third-order valence-electron chi connectivity index (χ3n) is 1.45. The van der Waals surface area contributed by atoms with E-state index in [-0.39, 0.29) is 0 Å². The minimum Gasteiger partial charge on any atom is -0.363 e. The van der Waals surface area contributed by atoms with Crippen molar-refractivity contribution in [1.82, 2.24) is 15.6 Å². The molecule has 0 fully saturated rings. The molecule has 3 nitrogen and oxygen atoms in total. The van der Waals surface area contributed by atoms with Gasteiger partial charge in [0, 0.05) is 31.1 Å². The lowest BCUT2D eigenvalue weighted by atomic mass is 10.4. The molecule has 0 aliphatic heterocycles. The Kier molecular flexibility index (Phi) is 4.70. The highest BCUT2D eigenvalue weighted by atomic mass is 32.1. The average Bonchev–Trinajstić information content (AvgIpc) is 2.57. The van der Waals surface area contributed by atoms with Gasteiger partial charge in [-0.2, -0.15) is 0 Å². The highest BCUT2D eigenvalue weighted by molar-refractivity contribution is 7.80. The fraction of sp³-hybridized carbons (Fsp3) is 0.500. The molecule has 2 N–H and O–H groups in total. The van der Waals surface area contributed by atoms with E-state index in [1.165, 1.54) is 0 Å². The highest BCUT2D eigenvalue weighted by Gasteiger charge is 1.95. The van der Waals surface area contributed by atoms with E-state index in [2.05, 4.69) is 15.6 Å². The Morgan fingerprint density at radius 1 is 1.62 bits per heavy atom. The Hall–Kier alpha value is -0.680. The molecule has 1 rings (SSSR count). The van der Waals surface area contributed by atoms with E-state index in [1.54, 1.807) is 11.3 Å². The summed E-state index contributed by atoms with van der Waals surface area (Å²) in [5.74, 6) is 0. The van der Waals surface area contributed by atoms with Crippen LogP contribution >= 0.6 is 23.6 Å². The lowest BCUT2D eigenvalue weighted by Crippen LogP contribution is -2.36. The molecule has 0 unspecified atom stereocenters. The maximum absolute atomic E-state index is 5.01.